The molecule has 0 spiro atoms. The lowest BCUT2D eigenvalue weighted by Gasteiger charge is -2.05. The monoisotopic (exact) mass is 315 g/mol. The third-order valence-electron chi connectivity index (χ3n) is 3.19. The number of fused-ring (bicyclic) bond motifs is 1. The highest BCUT2D eigenvalue weighted by atomic mass is 35.5. The van der Waals surface area contributed by atoms with Crippen LogP contribution in [0, 0.1) is 0 Å². The van der Waals surface area contributed by atoms with Crippen LogP contribution in [0.15, 0.2) is 59.6 Å². The van der Waals surface area contributed by atoms with E-state index in [9.17, 15) is 5.11 Å². The van der Waals surface area contributed by atoms with Gasteiger partial charge in [-0.25, -0.2) is 0 Å². The maximum absolute atomic E-state index is 10.1. The molecule has 0 atom stereocenters. The molecule has 2 nitrogen and oxygen atoms in total. The Bertz CT molecular complexity index is 843. The van der Waals surface area contributed by atoms with Crippen molar-refractivity contribution in [1.82, 2.24) is 0 Å². The first-order chi connectivity index (χ1) is 10.1. The summed E-state index contributed by atoms with van der Waals surface area (Å²) in [6.07, 6.45) is 1.62. The van der Waals surface area contributed by atoms with E-state index in [0.29, 0.717) is 21.3 Å². The predicted octanol–water partition coefficient (Wildman–Crippen LogP) is 5.60. The average Bonchev–Trinajstić information content (AvgIpc) is 2.48. The molecule has 0 aliphatic rings. The molecule has 0 bridgehead atoms. The minimum Gasteiger partial charge on any atom is -0.507 e. The van der Waals surface area contributed by atoms with Crippen molar-refractivity contribution in [2.24, 2.45) is 4.99 Å². The first-order valence-electron chi connectivity index (χ1n) is 6.35. The molecule has 0 saturated carbocycles. The van der Waals surface area contributed by atoms with Gasteiger partial charge in [0.05, 0.1) is 10.7 Å². The Morgan fingerprint density at radius 1 is 0.952 bits per heavy atom. The molecule has 0 unspecified atom stereocenters. The number of phenols is 1. The number of aromatic hydroxyl groups is 1. The lowest BCUT2D eigenvalue weighted by Crippen LogP contribution is -1.86. The van der Waals surface area contributed by atoms with Crippen molar-refractivity contribution in [3.8, 4) is 5.75 Å². The molecule has 0 aromatic heterocycles. The number of phenolic OH excluding ortho intramolecular Hbond substituents is 1. The summed E-state index contributed by atoms with van der Waals surface area (Å²) >= 11 is 12.0. The van der Waals surface area contributed by atoms with E-state index in [1.165, 1.54) is 0 Å². The molecule has 4 heteroatoms. The van der Waals surface area contributed by atoms with E-state index in [-0.39, 0.29) is 5.75 Å². The Morgan fingerprint density at radius 2 is 1.76 bits per heavy atom. The smallest absolute Gasteiger partial charge is 0.124 e. The van der Waals surface area contributed by atoms with Gasteiger partial charge in [0.15, 0.2) is 0 Å². The number of rotatable bonds is 2. The Kier molecular flexibility index (Phi) is 3.82. The zero-order valence-corrected chi connectivity index (χ0v) is 12.4. The van der Waals surface area contributed by atoms with Crippen LogP contribution in [0.5, 0.6) is 5.75 Å². The number of hydrogen-bond acceptors (Lipinski definition) is 2. The van der Waals surface area contributed by atoms with Crippen LogP contribution >= 0.6 is 23.2 Å². The molecular formula is C17H11Cl2NO. The molecule has 1 N–H and O–H groups in total. The number of halogens is 2. The molecule has 0 saturated heterocycles. The molecule has 0 fully saturated rings. The molecule has 3 aromatic rings. The zero-order valence-electron chi connectivity index (χ0n) is 10.9. The van der Waals surface area contributed by atoms with Crippen LogP contribution in [0.4, 0.5) is 5.69 Å². The Balaban J connectivity index is 2.09. The number of benzene rings is 3. The van der Waals surface area contributed by atoms with Crippen LogP contribution < -0.4 is 0 Å². The largest absolute Gasteiger partial charge is 0.507 e. The maximum atomic E-state index is 10.1. The van der Waals surface area contributed by atoms with Crippen molar-refractivity contribution in [3.63, 3.8) is 0 Å². The number of aliphatic imine (C=N–C) groups is 1. The van der Waals surface area contributed by atoms with E-state index < -0.39 is 0 Å². The van der Waals surface area contributed by atoms with Crippen LogP contribution in [-0.2, 0) is 0 Å². The first-order valence-corrected chi connectivity index (χ1v) is 7.10. The van der Waals surface area contributed by atoms with Gasteiger partial charge in [-0.1, -0.05) is 53.5 Å². The van der Waals surface area contributed by atoms with E-state index in [4.69, 9.17) is 23.2 Å². The zero-order chi connectivity index (χ0) is 14.8. The fourth-order valence-corrected chi connectivity index (χ4v) is 2.60. The second-order valence-corrected chi connectivity index (χ2v) is 5.42. The van der Waals surface area contributed by atoms with E-state index >= 15 is 0 Å². The SMILES string of the molecule is Oc1ccc2ccccc2c1C=Nc1ccc(Cl)cc1Cl. The highest BCUT2D eigenvalue weighted by molar-refractivity contribution is 6.36. The summed E-state index contributed by atoms with van der Waals surface area (Å²) in [6, 6.07) is 16.4. The fourth-order valence-electron chi connectivity index (χ4n) is 2.14. The minimum atomic E-state index is 0.183. The molecule has 0 amide bonds. The van der Waals surface area contributed by atoms with Gasteiger partial charge in [-0.05, 0) is 35.0 Å². The topological polar surface area (TPSA) is 32.6 Å². The van der Waals surface area contributed by atoms with Crippen molar-refractivity contribution in [1.29, 1.82) is 0 Å². The standard InChI is InChI=1S/C17H11Cl2NO/c18-12-6-7-16(15(19)9-12)20-10-14-13-4-2-1-3-11(13)5-8-17(14)21/h1-10,21H. The van der Waals surface area contributed by atoms with Gasteiger partial charge in [0, 0.05) is 16.8 Å². The quantitative estimate of drug-likeness (QED) is 0.613. The highest BCUT2D eigenvalue weighted by Crippen LogP contribution is 2.30. The molecular weight excluding hydrogens is 305 g/mol. The summed E-state index contributed by atoms with van der Waals surface area (Å²) in [5.74, 6) is 0.183. The van der Waals surface area contributed by atoms with Gasteiger partial charge in [-0.2, -0.15) is 0 Å². The average molecular weight is 316 g/mol. The molecule has 104 valence electrons. The summed E-state index contributed by atoms with van der Waals surface area (Å²) in [6.45, 7) is 0. The van der Waals surface area contributed by atoms with E-state index in [1.807, 2.05) is 30.3 Å². The van der Waals surface area contributed by atoms with Gasteiger partial charge in [0.1, 0.15) is 5.75 Å². The van der Waals surface area contributed by atoms with Gasteiger partial charge in [0.25, 0.3) is 0 Å². The molecule has 21 heavy (non-hydrogen) atoms. The summed E-state index contributed by atoms with van der Waals surface area (Å²) < 4.78 is 0. The van der Waals surface area contributed by atoms with Gasteiger partial charge >= 0.3 is 0 Å². The summed E-state index contributed by atoms with van der Waals surface area (Å²) in [5.41, 5.74) is 1.27. The Labute approximate surface area is 132 Å². The number of hydrogen-bond donors (Lipinski definition) is 1. The second-order valence-electron chi connectivity index (χ2n) is 4.57. The maximum Gasteiger partial charge on any atom is 0.124 e. The summed E-state index contributed by atoms with van der Waals surface area (Å²) in [4.78, 5) is 4.35. The van der Waals surface area contributed by atoms with Crippen molar-refractivity contribution < 1.29 is 5.11 Å². The van der Waals surface area contributed by atoms with Gasteiger partial charge in [-0.15, -0.1) is 0 Å². The Morgan fingerprint density at radius 3 is 2.57 bits per heavy atom. The normalized spacial score (nSPS) is 11.3. The van der Waals surface area contributed by atoms with Crippen molar-refractivity contribution >= 4 is 45.9 Å². The lowest BCUT2D eigenvalue weighted by atomic mass is 10.0. The highest BCUT2D eigenvalue weighted by Gasteiger charge is 2.05. The molecule has 0 heterocycles. The minimum absolute atomic E-state index is 0.183. The van der Waals surface area contributed by atoms with Crippen LogP contribution in [0.1, 0.15) is 5.56 Å². The van der Waals surface area contributed by atoms with Crippen LogP contribution in [-0.4, -0.2) is 11.3 Å². The second kappa shape index (κ2) is 5.76. The van der Waals surface area contributed by atoms with Gasteiger partial charge in [0.2, 0.25) is 0 Å². The molecule has 0 aliphatic heterocycles. The molecule has 3 rings (SSSR count). The van der Waals surface area contributed by atoms with Crippen LogP contribution in [0.2, 0.25) is 10.0 Å². The van der Waals surface area contributed by atoms with Crippen LogP contribution in [0.3, 0.4) is 0 Å². The predicted molar refractivity (Wildman–Crippen MR) is 89.3 cm³/mol. The van der Waals surface area contributed by atoms with Crippen LogP contribution in [0.25, 0.3) is 10.8 Å². The number of nitrogens with zero attached hydrogens (tertiary/aromatic N) is 1. The molecule has 3 aromatic carbocycles. The van der Waals surface area contributed by atoms with E-state index in [2.05, 4.69) is 4.99 Å². The van der Waals surface area contributed by atoms with Crippen molar-refractivity contribution in [3.05, 3.63) is 70.2 Å². The Hall–Kier alpha value is -2.03. The van der Waals surface area contributed by atoms with Crippen molar-refractivity contribution in [2.75, 3.05) is 0 Å². The molecule has 0 aliphatic carbocycles. The molecule has 0 radical (unpaired) electrons. The van der Waals surface area contributed by atoms with Gasteiger partial charge < -0.3 is 5.11 Å². The third-order valence-corrected chi connectivity index (χ3v) is 3.73. The van der Waals surface area contributed by atoms with Crippen molar-refractivity contribution in [2.45, 2.75) is 0 Å². The van der Waals surface area contributed by atoms with Gasteiger partial charge in [-0.3, -0.25) is 4.99 Å². The lowest BCUT2D eigenvalue weighted by molar-refractivity contribution is 0.475. The van der Waals surface area contributed by atoms with E-state index in [0.717, 1.165) is 10.8 Å². The van der Waals surface area contributed by atoms with E-state index in [1.54, 1.807) is 30.5 Å². The first kappa shape index (κ1) is 13.9. The third kappa shape index (κ3) is 2.87. The summed E-state index contributed by atoms with van der Waals surface area (Å²) in [5, 5.41) is 13.1. The fraction of sp³-hybridized carbons (Fsp3) is 0. The summed E-state index contributed by atoms with van der Waals surface area (Å²) in [7, 11) is 0.